The maximum Gasteiger partial charge on any atom is 2.00 e. The van der Waals surface area contributed by atoms with Crippen LogP contribution in [-0.4, -0.2) is 157 Å². The van der Waals surface area contributed by atoms with Gasteiger partial charge in [0.05, 0.1) is 59.3 Å². The van der Waals surface area contributed by atoms with E-state index in [0.717, 1.165) is 72.7 Å². The minimum Gasteiger partial charge on any atom is -0.869 e. The summed E-state index contributed by atoms with van der Waals surface area (Å²) in [7, 11) is 0. The smallest absolute Gasteiger partial charge is 0.869 e. The molecule has 8 atom stereocenters. The standard InChI is InChI=1S/C22H28N2.2C13H18O9.Ni/c1-3-5-17-21(23-19-13-9-7-10-14-19)22(18-6-4-2)24-20-15-11-8-12-16-20;2*14-4-8(17)12(20)11(19)7(16)3-5-1-2-6(15)10(18)9(5)13(21)22;/h7-16H,3-6,17-18H2,1-2H3;2*1-2,7-8,11-12,14-20H,3-4H2,(H,21,22);/q;;;+2/p-2. The monoisotopic (exact) mass is 1010 g/mol. The molecule has 0 fully saturated rings. The van der Waals surface area contributed by atoms with Gasteiger partial charge in [-0.15, -0.1) is 0 Å². The van der Waals surface area contributed by atoms with Crippen LogP contribution < -0.4 is 10.2 Å². The molecule has 4 rings (SSSR count). The molecule has 0 aliphatic carbocycles. The zero-order valence-electron chi connectivity index (χ0n) is 37.9. The van der Waals surface area contributed by atoms with Gasteiger partial charge in [-0.25, -0.2) is 9.59 Å². The van der Waals surface area contributed by atoms with E-state index in [0.29, 0.717) is 0 Å². The summed E-state index contributed by atoms with van der Waals surface area (Å²) in [5.74, 6) is -7.05. The number of aliphatic hydroxyl groups excluding tert-OH is 10. The number of para-hydroxylation sites is 2. The molecule has 14 N–H and O–H groups in total. The average molecular weight is 1010 g/mol. The number of aliphatic hydroxyl groups is 10. The van der Waals surface area contributed by atoms with Crippen LogP contribution >= 0.6 is 0 Å². The molecule has 0 heterocycles. The third-order valence-electron chi connectivity index (χ3n) is 10.3. The van der Waals surface area contributed by atoms with Crippen LogP contribution in [0.5, 0.6) is 23.0 Å². The largest absolute Gasteiger partial charge is 2.00 e. The molecule has 21 heteroatoms. The minimum atomic E-state index is -1.88. The SMILES string of the molecule is CCCCC(=Nc1ccccc1)C(CCCC)=Nc1ccccc1.O=C(O)c1c(CC(O)C(O)C(O)C(O)CO)ccc(O)c1[O-].O=C(O)c1c(CC(O)C(O)C(O)C(O)CO)ccc(O)c1[O-].[Ni+2]. The topological polar surface area (TPSA) is 388 Å². The maximum atomic E-state index is 11.6. The molecule has 0 aromatic heterocycles. The van der Waals surface area contributed by atoms with Crippen LogP contribution in [0.25, 0.3) is 0 Å². The Hall–Kier alpha value is -5.55. The van der Waals surface area contributed by atoms with Gasteiger partial charge in [-0.1, -0.05) is 86.7 Å². The van der Waals surface area contributed by atoms with Gasteiger partial charge in [0.2, 0.25) is 0 Å². The zero-order chi connectivity index (χ0) is 51.1. The molecular weight excluding hydrogens is 951 g/mol. The van der Waals surface area contributed by atoms with E-state index >= 15 is 0 Å². The number of carbonyl (C=O) groups is 2. The van der Waals surface area contributed by atoms with Crippen molar-refractivity contribution < 1.29 is 108 Å². The second-order valence-corrected chi connectivity index (χ2v) is 15.5. The molecule has 0 bridgehead atoms. The summed E-state index contributed by atoms with van der Waals surface area (Å²) < 4.78 is 0. The number of aliphatic imine (C=N–C) groups is 2. The van der Waals surface area contributed by atoms with Gasteiger partial charge in [-0.2, -0.15) is 0 Å². The molecule has 8 unspecified atom stereocenters. The number of benzene rings is 4. The number of phenols is 2. The Morgan fingerprint density at radius 2 is 0.812 bits per heavy atom. The summed E-state index contributed by atoms with van der Waals surface area (Å²) in [6.07, 6.45) is -8.75. The van der Waals surface area contributed by atoms with E-state index in [1.54, 1.807) is 0 Å². The molecule has 0 radical (unpaired) electrons. The van der Waals surface area contributed by atoms with Crippen molar-refractivity contribution in [1.29, 1.82) is 0 Å². The van der Waals surface area contributed by atoms with Crippen molar-refractivity contribution in [2.24, 2.45) is 9.98 Å². The first-order valence-corrected chi connectivity index (χ1v) is 21.7. The molecule has 69 heavy (non-hydrogen) atoms. The van der Waals surface area contributed by atoms with Crippen molar-refractivity contribution in [1.82, 2.24) is 0 Å². The Morgan fingerprint density at radius 3 is 1.09 bits per heavy atom. The predicted octanol–water partition coefficient (Wildman–Crippen LogP) is 1.19. The number of rotatable bonds is 23. The number of carboxylic acid groups (broad SMARTS) is 2. The summed E-state index contributed by atoms with van der Waals surface area (Å²) >= 11 is 0. The van der Waals surface area contributed by atoms with Gasteiger partial charge < -0.3 is 81.7 Å². The number of aromatic hydroxyl groups is 2. The fraction of sp³-hybridized carbons (Fsp3) is 0.417. The first-order chi connectivity index (χ1) is 32.2. The third-order valence-corrected chi connectivity index (χ3v) is 10.3. The number of hydrogen-bond donors (Lipinski definition) is 14. The van der Waals surface area contributed by atoms with Crippen LogP contribution in [0.4, 0.5) is 11.4 Å². The fourth-order valence-electron chi connectivity index (χ4n) is 6.39. The van der Waals surface area contributed by atoms with Gasteiger partial charge in [0.1, 0.15) is 48.1 Å². The van der Waals surface area contributed by atoms with Crippen LogP contribution in [0.2, 0.25) is 0 Å². The van der Waals surface area contributed by atoms with Crippen molar-refractivity contribution in [3.05, 3.63) is 107 Å². The van der Waals surface area contributed by atoms with Crippen molar-refractivity contribution in [2.45, 2.75) is 114 Å². The fourth-order valence-corrected chi connectivity index (χ4v) is 6.39. The van der Waals surface area contributed by atoms with Gasteiger partial charge in [0.25, 0.3) is 0 Å². The third kappa shape index (κ3) is 19.4. The molecule has 0 saturated carbocycles. The van der Waals surface area contributed by atoms with Crippen molar-refractivity contribution >= 4 is 34.7 Å². The van der Waals surface area contributed by atoms with Gasteiger partial charge in [-0.3, -0.25) is 9.98 Å². The van der Waals surface area contributed by atoms with E-state index in [2.05, 4.69) is 38.1 Å². The molecule has 0 amide bonds. The van der Waals surface area contributed by atoms with E-state index in [1.165, 1.54) is 12.8 Å². The number of carboxylic acids is 2. The van der Waals surface area contributed by atoms with Gasteiger partial charge >= 0.3 is 28.4 Å². The Labute approximate surface area is 408 Å². The van der Waals surface area contributed by atoms with Crippen molar-refractivity contribution in [2.75, 3.05) is 13.2 Å². The van der Waals surface area contributed by atoms with E-state index in [9.17, 15) is 70.9 Å². The van der Waals surface area contributed by atoms with E-state index in [1.807, 2.05) is 36.4 Å². The molecule has 382 valence electrons. The molecule has 0 aliphatic rings. The number of phenolic OH excluding ortho intramolecular Hbond substituents is 2. The number of nitrogens with zero attached hydrogens (tertiary/aromatic N) is 2. The first kappa shape index (κ1) is 61.5. The van der Waals surface area contributed by atoms with E-state index in [4.69, 9.17) is 30.4 Å². The molecular formula is C48H62N2NiO18. The Kier molecular flexibility index (Phi) is 28.1. The van der Waals surface area contributed by atoms with Crippen molar-refractivity contribution in [3.63, 3.8) is 0 Å². The minimum absolute atomic E-state index is 0. The first-order valence-electron chi connectivity index (χ1n) is 21.7. The molecule has 20 nitrogen and oxygen atoms in total. The van der Waals surface area contributed by atoms with E-state index in [-0.39, 0.29) is 27.6 Å². The zero-order valence-corrected chi connectivity index (χ0v) is 38.9. The second-order valence-electron chi connectivity index (χ2n) is 15.5. The Balaban J connectivity index is 0.000000515. The normalized spacial score (nSPS) is 15.0. The van der Waals surface area contributed by atoms with Crippen LogP contribution in [0, 0.1) is 0 Å². The summed E-state index contributed by atoms with van der Waals surface area (Å²) in [5.41, 5.74) is 2.47. The van der Waals surface area contributed by atoms with Crippen LogP contribution in [0.1, 0.15) is 84.2 Å². The molecule has 0 spiro atoms. The number of hydrogen-bond acceptors (Lipinski definition) is 18. The molecule has 0 saturated heterocycles. The maximum absolute atomic E-state index is 11.6. The van der Waals surface area contributed by atoms with Crippen LogP contribution in [-0.2, 0) is 29.3 Å². The number of unbranched alkanes of at least 4 members (excludes halogenated alkanes) is 2. The van der Waals surface area contributed by atoms with Gasteiger partial charge in [0.15, 0.2) is 0 Å². The summed E-state index contributed by atoms with van der Waals surface area (Å²) in [6, 6.07) is 24.5. The van der Waals surface area contributed by atoms with Gasteiger partial charge in [0, 0.05) is 12.8 Å². The summed E-state index contributed by atoms with van der Waals surface area (Å²) in [5, 5.41) is 153. The molecule has 0 aliphatic heterocycles. The summed E-state index contributed by atoms with van der Waals surface area (Å²) in [4.78, 5) is 32.0. The average Bonchev–Trinajstić information content (AvgIpc) is 3.33. The Morgan fingerprint density at radius 1 is 0.507 bits per heavy atom. The Bertz CT molecular complexity index is 2060. The van der Waals surface area contributed by atoms with Gasteiger partial charge in [-0.05, 0) is 73.2 Å². The van der Waals surface area contributed by atoms with Crippen molar-refractivity contribution in [3.8, 4) is 23.0 Å². The van der Waals surface area contributed by atoms with Crippen LogP contribution in [0.15, 0.2) is 94.9 Å². The van der Waals surface area contributed by atoms with Crippen LogP contribution in [0.3, 0.4) is 0 Å². The van der Waals surface area contributed by atoms with E-state index < -0.39 is 121 Å². The molecule has 4 aromatic rings. The second kappa shape index (κ2) is 31.6. The number of aromatic carboxylic acids is 2. The summed E-state index contributed by atoms with van der Waals surface area (Å²) in [6.45, 7) is 2.74. The molecule has 4 aromatic carbocycles. The predicted molar refractivity (Wildman–Crippen MR) is 245 cm³/mol. The quantitative estimate of drug-likeness (QED) is 0.0366.